The molecule has 0 heterocycles. The molecule has 0 radical (unpaired) electrons. The van der Waals surface area contributed by atoms with Gasteiger partial charge in [-0.05, 0) is 29.8 Å². The predicted molar refractivity (Wildman–Crippen MR) is 79.6 cm³/mol. The van der Waals surface area contributed by atoms with Gasteiger partial charge >= 0.3 is 0 Å². The van der Waals surface area contributed by atoms with Crippen molar-refractivity contribution in [2.24, 2.45) is 0 Å². The second-order valence-electron chi connectivity index (χ2n) is 4.01. The van der Waals surface area contributed by atoms with Crippen molar-refractivity contribution in [3.63, 3.8) is 0 Å². The summed E-state index contributed by atoms with van der Waals surface area (Å²) in [6.45, 7) is -0.104. The van der Waals surface area contributed by atoms with Crippen molar-refractivity contribution in [2.75, 3.05) is 4.72 Å². The Balaban J connectivity index is 2.33. The normalized spacial score (nSPS) is 11.3. The van der Waals surface area contributed by atoms with Gasteiger partial charge in [-0.15, -0.1) is 0 Å². The first-order valence-corrected chi connectivity index (χ1v) is 7.84. The van der Waals surface area contributed by atoms with Crippen molar-refractivity contribution in [1.29, 1.82) is 0 Å². The first-order chi connectivity index (χ1) is 9.44. The molecular weight excluding hydrogens is 321 g/mol. The van der Waals surface area contributed by atoms with Crippen molar-refractivity contribution in [3.05, 3.63) is 58.1 Å². The maximum atomic E-state index is 12.2. The third kappa shape index (κ3) is 3.24. The summed E-state index contributed by atoms with van der Waals surface area (Å²) in [6, 6.07) is 10.8. The number of benzene rings is 2. The molecule has 0 fully saturated rings. The van der Waals surface area contributed by atoms with Crippen LogP contribution in [0.2, 0.25) is 10.0 Å². The van der Waals surface area contributed by atoms with E-state index >= 15 is 0 Å². The molecule has 0 saturated carbocycles. The highest BCUT2D eigenvalue weighted by Gasteiger charge is 2.19. The summed E-state index contributed by atoms with van der Waals surface area (Å²) < 4.78 is 26.9. The zero-order valence-corrected chi connectivity index (χ0v) is 12.5. The highest BCUT2D eigenvalue weighted by Crippen LogP contribution is 2.30. The quantitative estimate of drug-likeness (QED) is 0.903. The summed E-state index contributed by atoms with van der Waals surface area (Å²) in [4.78, 5) is -0.0853. The van der Waals surface area contributed by atoms with Crippen LogP contribution in [-0.2, 0) is 16.6 Å². The summed E-state index contributed by atoms with van der Waals surface area (Å²) >= 11 is 11.7. The fraction of sp³-hybridized carbons (Fsp3) is 0.0769. The van der Waals surface area contributed by atoms with Gasteiger partial charge in [0.15, 0.2) is 0 Å². The molecule has 0 aliphatic carbocycles. The number of sulfonamides is 1. The first-order valence-electron chi connectivity index (χ1n) is 5.60. The predicted octanol–water partition coefficient (Wildman–Crippen LogP) is 3.29. The molecule has 2 rings (SSSR count). The lowest BCUT2D eigenvalue weighted by Gasteiger charge is -2.10. The van der Waals surface area contributed by atoms with Crippen LogP contribution in [0.1, 0.15) is 5.56 Å². The van der Waals surface area contributed by atoms with Crippen LogP contribution in [0.25, 0.3) is 0 Å². The molecule has 0 aliphatic heterocycles. The van der Waals surface area contributed by atoms with Gasteiger partial charge in [-0.1, -0.05) is 41.4 Å². The molecule has 2 aromatic rings. The maximum absolute atomic E-state index is 12.2. The minimum atomic E-state index is -3.81. The Morgan fingerprint density at radius 2 is 1.70 bits per heavy atom. The van der Waals surface area contributed by atoms with Crippen LogP contribution in [0.4, 0.5) is 5.69 Å². The Bertz CT molecular complexity index is 715. The summed E-state index contributed by atoms with van der Waals surface area (Å²) in [5.41, 5.74) is 1.06. The third-order valence-corrected chi connectivity index (χ3v) is 4.95. The SMILES string of the molecule is O=S(=O)(Nc1ccc(CO)cc1)c1cccc(Cl)c1Cl. The average molecular weight is 332 g/mol. The number of halogens is 2. The lowest BCUT2D eigenvalue weighted by molar-refractivity contribution is 0.282. The summed E-state index contributed by atoms with van der Waals surface area (Å²) in [6.07, 6.45) is 0. The number of aliphatic hydroxyl groups is 1. The Morgan fingerprint density at radius 1 is 1.05 bits per heavy atom. The average Bonchev–Trinajstić information content (AvgIpc) is 2.42. The van der Waals surface area contributed by atoms with Gasteiger partial charge in [0.25, 0.3) is 10.0 Å². The number of hydrogen-bond donors (Lipinski definition) is 2. The molecular formula is C13H11Cl2NO3S. The van der Waals surface area contributed by atoms with Crippen molar-refractivity contribution in [2.45, 2.75) is 11.5 Å². The molecule has 0 unspecified atom stereocenters. The van der Waals surface area contributed by atoms with Gasteiger partial charge in [0, 0.05) is 5.69 Å². The van der Waals surface area contributed by atoms with Crippen molar-refractivity contribution >= 4 is 38.9 Å². The van der Waals surface area contributed by atoms with Crippen molar-refractivity contribution < 1.29 is 13.5 Å². The van der Waals surface area contributed by atoms with E-state index in [4.69, 9.17) is 28.3 Å². The van der Waals surface area contributed by atoms with Crippen LogP contribution in [0.3, 0.4) is 0 Å². The fourth-order valence-electron chi connectivity index (χ4n) is 1.58. The van der Waals surface area contributed by atoms with Crippen LogP contribution >= 0.6 is 23.2 Å². The first kappa shape index (κ1) is 15.1. The Hall–Kier alpha value is -1.27. The largest absolute Gasteiger partial charge is 0.392 e. The molecule has 7 heteroatoms. The number of aliphatic hydroxyl groups excluding tert-OH is 1. The zero-order chi connectivity index (χ0) is 14.8. The summed E-state index contributed by atoms with van der Waals surface area (Å²) in [7, 11) is -3.81. The van der Waals surface area contributed by atoms with Crippen molar-refractivity contribution in [3.8, 4) is 0 Å². The zero-order valence-electron chi connectivity index (χ0n) is 10.2. The minimum absolute atomic E-state index is 0.0198. The van der Waals surface area contributed by atoms with Gasteiger partial charge in [-0.3, -0.25) is 4.72 Å². The molecule has 0 amide bonds. The molecule has 0 aliphatic rings. The lowest BCUT2D eigenvalue weighted by Crippen LogP contribution is -2.13. The van der Waals surface area contributed by atoms with Gasteiger partial charge in [-0.25, -0.2) is 8.42 Å². The highest BCUT2D eigenvalue weighted by molar-refractivity contribution is 7.92. The Kier molecular flexibility index (Phi) is 4.55. The van der Waals surface area contributed by atoms with Gasteiger partial charge in [0.1, 0.15) is 4.90 Å². The second-order valence-corrected chi connectivity index (χ2v) is 6.45. The third-order valence-electron chi connectivity index (χ3n) is 2.59. The molecule has 0 saturated heterocycles. The topological polar surface area (TPSA) is 66.4 Å². The van der Waals surface area contributed by atoms with Crippen LogP contribution in [0.5, 0.6) is 0 Å². The van der Waals surface area contributed by atoms with Gasteiger partial charge < -0.3 is 5.11 Å². The smallest absolute Gasteiger partial charge is 0.263 e. The van der Waals surface area contributed by atoms with Gasteiger partial charge in [0.05, 0.1) is 16.7 Å². The number of nitrogens with one attached hydrogen (secondary N) is 1. The maximum Gasteiger partial charge on any atom is 0.263 e. The monoisotopic (exact) mass is 331 g/mol. The van der Waals surface area contributed by atoms with Crippen molar-refractivity contribution in [1.82, 2.24) is 0 Å². The fourth-order valence-corrected chi connectivity index (χ4v) is 3.40. The van der Waals surface area contributed by atoms with Crippen LogP contribution in [-0.4, -0.2) is 13.5 Å². The van der Waals surface area contributed by atoms with Gasteiger partial charge in [-0.2, -0.15) is 0 Å². The number of hydrogen-bond acceptors (Lipinski definition) is 3. The Morgan fingerprint density at radius 3 is 2.30 bits per heavy atom. The molecule has 2 aromatic carbocycles. The summed E-state index contributed by atoms with van der Waals surface area (Å²) in [5, 5.41) is 9.09. The molecule has 0 bridgehead atoms. The van der Waals surface area contributed by atoms with E-state index in [0.717, 1.165) is 0 Å². The number of rotatable bonds is 4. The van der Waals surface area contributed by atoms with E-state index in [-0.39, 0.29) is 21.5 Å². The number of anilines is 1. The van der Waals surface area contributed by atoms with Crippen LogP contribution in [0.15, 0.2) is 47.4 Å². The van der Waals surface area contributed by atoms with E-state index in [9.17, 15) is 8.42 Å². The molecule has 2 N–H and O–H groups in total. The van der Waals surface area contributed by atoms with Gasteiger partial charge in [0.2, 0.25) is 0 Å². The van der Waals surface area contributed by atoms with E-state index in [2.05, 4.69) is 4.72 Å². The standard InChI is InChI=1S/C13H11Cl2NO3S/c14-11-2-1-3-12(13(11)15)20(18,19)16-10-6-4-9(8-17)5-7-10/h1-7,16-17H,8H2. The van der Waals surface area contributed by atoms with E-state index in [1.807, 2.05) is 0 Å². The minimum Gasteiger partial charge on any atom is -0.392 e. The molecule has 20 heavy (non-hydrogen) atoms. The van der Waals surface area contributed by atoms with E-state index in [0.29, 0.717) is 11.3 Å². The van der Waals surface area contributed by atoms with E-state index < -0.39 is 10.0 Å². The summed E-state index contributed by atoms with van der Waals surface area (Å²) in [5.74, 6) is 0. The molecule has 4 nitrogen and oxygen atoms in total. The van der Waals surface area contributed by atoms with Crippen LogP contribution < -0.4 is 4.72 Å². The Labute approximate surface area is 127 Å². The molecule has 0 spiro atoms. The van der Waals surface area contributed by atoms with E-state index in [1.54, 1.807) is 24.3 Å². The van der Waals surface area contributed by atoms with E-state index in [1.165, 1.54) is 18.2 Å². The highest BCUT2D eigenvalue weighted by atomic mass is 35.5. The molecule has 106 valence electrons. The lowest BCUT2D eigenvalue weighted by atomic mass is 10.2. The molecule has 0 aromatic heterocycles. The molecule has 0 atom stereocenters. The van der Waals surface area contributed by atoms with Crippen LogP contribution in [0, 0.1) is 0 Å². The second kappa shape index (κ2) is 6.01.